The van der Waals surface area contributed by atoms with Crippen molar-refractivity contribution in [1.29, 1.82) is 0 Å². The Morgan fingerprint density at radius 1 is 0.900 bits per heavy atom. The van der Waals surface area contributed by atoms with Crippen molar-refractivity contribution in [1.82, 2.24) is 0 Å². The lowest BCUT2D eigenvalue weighted by atomic mass is 9.59. The van der Waals surface area contributed by atoms with Gasteiger partial charge in [0.25, 0.3) is 0 Å². The summed E-state index contributed by atoms with van der Waals surface area (Å²) in [5.74, 6) is 6.26. The van der Waals surface area contributed by atoms with Crippen LogP contribution in [0.25, 0.3) is 0 Å². The Labute approximate surface area is 127 Å². The molecule has 0 aromatic rings. The van der Waals surface area contributed by atoms with Gasteiger partial charge in [0.05, 0.1) is 0 Å². The first kappa shape index (κ1) is 16.1. The number of allylic oxidation sites excluding steroid dienone is 1. The van der Waals surface area contributed by atoms with Gasteiger partial charge in [-0.2, -0.15) is 0 Å². The minimum atomic E-state index is 0.794. The standard InChI is InChI=1S/C20H36/c1-13(2)20(18-9-7-14(3)8-10-18)19-12-15(4)11-16(5)17(19)6/h14-20H,1,7-12H2,2-6H3. The zero-order chi connectivity index (χ0) is 14.9. The third-order valence-corrected chi connectivity index (χ3v) is 6.62. The first-order valence-corrected chi connectivity index (χ1v) is 9.05. The largest absolute Gasteiger partial charge is 0.0998 e. The number of hydrogen-bond acceptors (Lipinski definition) is 0. The molecule has 0 aromatic carbocycles. The van der Waals surface area contributed by atoms with Crippen molar-refractivity contribution in [3.63, 3.8) is 0 Å². The van der Waals surface area contributed by atoms with Crippen LogP contribution in [0.3, 0.4) is 0 Å². The van der Waals surface area contributed by atoms with Crippen molar-refractivity contribution >= 4 is 0 Å². The molecule has 2 saturated carbocycles. The Kier molecular flexibility index (Phi) is 5.37. The molecule has 0 saturated heterocycles. The van der Waals surface area contributed by atoms with Crippen LogP contribution < -0.4 is 0 Å². The molecule has 2 aliphatic rings. The van der Waals surface area contributed by atoms with Crippen LogP contribution in [0.5, 0.6) is 0 Å². The lowest BCUT2D eigenvalue weighted by Gasteiger charge is -2.46. The van der Waals surface area contributed by atoms with Gasteiger partial charge in [-0.25, -0.2) is 0 Å². The molecule has 0 heterocycles. The molecule has 0 aromatic heterocycles. The second-order valence-electron chi connectivity index (χ2n) is 8.47. The topological polar surface area (TPSA) is 0 Å². The van der Waals surface area contributed by atoms with Gasteiger partial charge in [0.2, 0.25) is 0 Å². The molecule has 0 aliphatic heterocycles. The van der Waals surface area contributed by atoms with Gasteiger partial charge in [-0.05, 0) is 74.0 Å². The van der Waals surface area contributed by atoms with E-state index in [-0.39, 0.29) is 0 Å². The SMILES string of the molecule is C=C(C)C(C1CCC(C)CC1)C1CC(C)CC(C)C1C. The highest BCUT2D eigenvalue weighted by Gasteiger charge is 2.39. The van der Waals surface area contributed by atoms with E-state index in [0.717, 1.165) is 41.4 Å². The Morgan fingerprint density at radius 3 is 2.05 bits per heavy atom. The molecule has 2 aliphatic carbocycles. The summed E-state index contributed by atoms with van der Waals surface area (Å²) in [6, 6.07) is 0. The molecular weight excluding hydrogens is 240 g/mol. The van der Waals surface area contributed by atoms with E-state index in [9.17, 15) is 0 Å². The quantitative estimate of drug-likeness (QED) is 0.529. The first-order chi connectivity index (χ1) is 9.40. The fourth-order valence-electron chi connectivity index (χ4n) is 5.28. The highest BCUT2D eigenvalue weighted by Crippen LogP contribution is 2.48. The summed E-state index contributed by atoms with van der Waals surface area (Å²) in [5, 5.41) is 0. The lowest BCUT2D eigenvalue weighted by molar-refractivity contribution is 0.0622. The summed E-state index contributed by atoms with van der Waals surface area (Å²) in [4.78, 5) is 0. The number of rotatable bonds is 3. The van der Waals surface area contributed by atoms with Gasteiger partial charge in [-0.15, -0.1) is 0 Å². The average molecular weight is 277 g/mol. The van der Waals surface area contributed by atoms with E-state index >= 15 is 0 Å². The molecule has 0 heteroatoms. The van der Waals surface area contributed by atoms with Crippen molar-refractivity contribution in [3.05, 3.63) is 12.2 Å². The second-order valence-corrected chi connectivity index (χ2v) is 8.47. The van der Waals surface area contributed by atoms with Gasteiger partial charge in [-0.3, -0.25) is 0 Å². The lowest BCUT2D eigenvalue weighted by Crippen LogP contribution is -2.38. The maximum atomic E-state index is 4.41. The predicted molar refractivity (Wildman–Crippen MR) is 89.6 cm³/mol. The smallest absolute Gasteiger partial charge is 0.0149 e. The van der Waals surface area contributed by atoms with Crippen LogP contribution in [0.2, 0.25) is 0 Å². The monoisotopic (exact) mass is 276 g/mol. The summed E-state index contributed by atoms with van der Waals surface area (Å²) in [6.07, 6.45) is 8.66. The molecule has 2 rings (SSSR count). The molecule has 2 fully saturated rings. The van der Waals surface area contributed by atoms with Crippen LogP contribution in [-0.2, 0) is 0 Å². The van der Waals surface area contributed by atoms with Crippen LogP contribution >= 0.6 is 0 Å². The van der Waals surface area contributed by atoms with Crippen LogP contribution in [-0.4, -0.2) is 0 Å². The molecule has 0 radical (unpaired) electrons. The molecule has 116 valence electrons. The molecule has 0 nitrogen and oxygen atoms in total. The predicted octanol–water partition coefficient (Wildman–Crippen LogP) is 6.32. The summed E-state index contributed by atoms with van der Waals surface area (Å²) in [5.41, 5.74) is 1.47. The minimum absolute atomic E-state index is 0.794. The fourth-order valence-corrected chi connectivity index (χ4v) is 5.28. The van der Waals surface area contributed by atoms with Crippen LogP contribution in [0, 0.1) is 41.4 Å². The van der Waals surface area contributed by atoms with Crippen LogP contribution in [0.4, 0.5) is 0 Å². The Hall–Kier alpha value is -0.260. The minimum Gasteiger partial charge on any atom is -0.0998 e. The summed E-state index contributed by atoms with van der Waals surface area (Å²) < 4.78 is 0. The van der Waals surface area contributed by atoms with E-state index in [4.69, 9.17) is 0 Å². The molecule has 0 bridgehead atoms. The summed E-state index contributed by atoms with van der Waals surface area (Å²) in [6.45, 7) is 16.6. The van der Waals surface area contributed by atoms with Crippen molar-refractivity contribution in [2.45, 2.75) is 73.1 Å². The van der Waals surface area contributed by atoms with Gasteiger partial charge in [0, 0.05) is 0 Å². The normalized spacial score (nSPS) is 44.0. The van der Waals surface area contributed by atoms with E-state index in [1.807, 2.05) is 0 Å². The zero-order valence-electron chi connectivity index (χ0n) is 14.5. The van der Waals surface area contributed by atoms with E-state index in [2.05, 4.69) is 41.2 Å². The fraction of sp³-hybridized carbons (Fsp3) is 0.900. The van der Waals surface area contributed by atoms with Gasteiger partial charge >= 0.3 is 0 Å². The van der Waals surface area contributed by atoms with Crippen molar-refractivity contribution in [2.75, 3.05) is 0 Å². The molecule has 0 amide bonds. The molecule has 5 atom stereocenters. The molecular formula is C20H36. The third-order valence-electron chi connectivity index (χ3n) is 6.62. The van der Waals surface area contributed by atoms with Gasteiger partial charge in [0.15, 0.2) is 0 Å². The van der Waals surface area contributed by atoms with Crippen molar-refractivity contribution in [2.24, 2.45) is 41.4 Å². The molecule has 0 N–H and O–H groups in total. The van der Waals surface area contributed by atoms with E-state index < -0.39 is 0 Å². The first-order valence-electron chi connectivity index (χ1n) is 9.05. The second kappa shape index (κ2) is 6.67. The Morgan fingerprint density at radius 2 is 1.50 bits per heavy atom. The van der Waals surface area contributed by atoms with Crippen molar-refractivity contribution < 1.29 is 0 Å². The third kappa shape index (κ3) is 3.49. The van der Waals surface area contributed by atoms with Crippen molar-refractivity contribution in [3.8, 4) is 0 Å². The summed E-state index contributed by atoms with van der Waals surface area (Å²) >= 11 is 0. The number of hydrogen-bond donors (Lipinski definition) is 0. The van der Waals surface area contributed by atoms with Crippen LogP contribution in [0.15, 0.2) is 12.2 Å². The molecule has 5 unspecified atom stereocenters. The average Bonchev–Trinajstić information content (AvgIpc) is 2.37. The molecule has 20 heavy (non-hydrogen) atoms. The summed E-state index contributed by atoms with van der Waals surface area (Å²) in [7, 11) is 0. The Bertz CT molecular complexity index is 321. The van der Waals surface area contributed by atoms with Gasteiger partial charge in [0.1, 0.15) is 0 Å². The Balaban J connectivity index is 2.13. The van der Waals surface area contributed by atoms with E-state index in [1.54, 1.807) is 0 Å². The highest BCUT2D eigenvalue weighted by atomic mass is 14.4. The zero-order valence-corrected chi connectivity index (χ0v) is 14.5. The van der Waals surface area contributed by atoms with Gasteiger partial charge in [-0.1, -0.05) is 52.7 Å². The highest BCUT2D eigenvalue weighted by molar-refractivity contribution is 5.05. The van der Waals surface area contributed by atoms with Crippen LogP contribution in [0.1, 0.15) is 73.1 Å². The van der Waals surface area contributed by atoms with E-state index in [0.29, 0.717) is 0 Å². The molecule has 0 spiro atoms. The van der Waals surface area contributed by atoms with E-state index in [1.165, 1.54) is 44.1 Å². The van der Waals surface area contributed by atoms with Gasteiger partial charge < -0.3 is 0 Å². The maximum absolute atomic E-state index is 4.41. The maximum Gasteiger partial charge on any atom is -0.0149 e.